The first-order valence-corrected chi connectivity index (χ1v) is 5.99. The van der Waals surface area contributed by atoms with Crippen LogP contribution >= 0.6 is 0 Å². The minimum absolute atomic E-state index is 0.0703. The summed E-state index contributed by atoms with van der Waals surface area (Å²) in [5.41, 5.74) is -1.05. The van der Waals surface area contributed by atoms with Crippen LogP contribution in [0.4, 0.5) is 18.9 Å². The number of hydrogen-bond acceptors (Lipinski definition) is 3. The zero-order valence-electron chi connectivity index (χ0n) is 11.5. The second kappa shape index (κ2) is 6.13. The van der Waals surface area contributed by atoms with Crippen molar-refractivity contribution in [3.63, 3.8) is 0 Å². The van der Waals surface area contributed by atoms with Gasteiger partial charge in [0.15, 0.2) is 0 Å². The van der Waals surface area contributed by atoms with Gasteiger partial charge >= 0.3 is 6.18 Å². The smallest absolute Gasteiger partial charge is 0.394 e. The van der Waals surface area contributed by atoms with Gasteiger partial charge in [-0.1, -0.05) is 0 Å². The summed E-state index contributed by atoms with van der Waals surface area (Å²) in [5.74, 6) is -0.570. The number of aliphatic hydroxyl groups is 1. The Morgan fingerprint density at radius 3 is 2.50 bits per heavy atom. The fraction of sp³-hybridized carbons (Fsp3) is 0.462. The first-order valence-electron chi connectivity index (χ1n) is 5.99. The van der Waals surface area contributed by atoms with Crippen LogP contribution in [0.3, 0.4) is 0 Å². The van der Waals surface area contributed by atoms with Crippen LogP contribution in [0, 0.1) is 0 Å². The summed E-state index contributed by atoms with van der Waals surface area (Å²) >= 11 is 0. The summed E-state index contributed by atoms with van der Waals surface area (Å²) in [6.07, 6.45) is -4.55. The maximum Gasteiger partial charge on any atom is 0.418 e. The second-order valence-corrected chi connectivity index (χ2v) is 4.46. The van der Waals surface area contributed by atoms with Crippen LogP contribution in [0.1, 0.15) is 22.8 Å². The Labute approximate surface area is 115 Å². The Kier molecular flexibility index (Phi) is 4.99. The summed E-state index contributed by atoms with van der Waals surface area (Å²) in [7, 11) is 2.81. The summed E-state index contributed by atoms with van der Waals surface area (Å²) in [6, 6.07) is 2.88. The number of benzene rings is 1. The highest BCUT2D eigenvalue weighted by Gasteiger charge is 2.34. The number of alkyl halides is 3. The van der Waals surface area contributed by atoms with E-state index in [9.17, 15) is 18.0 Å². The quantitative estimate of drug-likeness (QED) is 0.894. The minimum Gasteiger partial charge on any atom is -0.394 e. The zero-order valence-corrected chi connectivity index (χ0v) is 11.5. The number of anilines is 1. The molecule has 0 bridgehead atoms. The van der Waals surface area contributed by atoms with Crippen LogP contribution in [0.5, 0.6) is 0 Å². The topological polar surface area (TPSA) is 52.6 Å². The third kappa shape index (κ3) is 3.41. The molecular formula is C13H17F3N2O2. The largest absolute Gasteiger partial charge is 0.418 e. The average molecular weight is 290 g/mol. The maximum absolute atomic E-state index is 12.9. The number of halogens is 3. The average Bonchev–Trinajstić information content (AvgIpc) is 2.43. The molecule has 0 spiro atoms. The van der Waals surface area contributed by atoms with Crippen LogP contribution in [0.15, 0.2) is 18.2 Å². The van der Waals surface area contributed by atoms with Crippen LogP contribution in [-0.2, 0) is 6.18 Å². The molecule has 0 heterocycles. The van der Waals surface area contributed by atoms with Gasteiger partial charge in [0, 0.05) is 25.3 Å². The van der Waals surface area contributed by atoms with E-state index in [0.29, 0.717) is 0 Å². The van der Waals surface area contributed by atoms with Gasteiger partial charge < -0.3 is 15.3 Å². The number of carbonyl (C=O) groups excluding carboxylic acids is 1. The van der Waals surface area contributed by atoms with Gasteiger partial charge in [-0.2, -0.15) is 13.2 Å². The number of rotatable bonds is 4. The molecule has 112 valence electrons. The monoisotopic (exact) mass is 290 g/mol. The summed E-state index contributed by atoms with van der Waals surface area (Å²) in [5, 5.41) is 11.4. The van der Waals surface area contributed by atoms with E-state index in [1.165, 1.54) is 31.1 Å². The molecule has 1 atom stereocenters. The van der Waals surface area contributed by atoms with Crippen molar-refractivity contribution in [2.45, 2.75) is 19.1 Å². The predicted molar refractivity (Wildman–Crippen MR) is 69.6 cm³/mol. The molecule has 0 radical (unpaired) electrons. The number of carbonyl (C=O) groups is 1. The Morgan fingerprint density at radius 1 is 1.45 bits per heavy atom. The molecule has 2 N–H and O–H groups in total. The molecule has 0 saturated carbocycles. The molecular weight excluding hydrogens is 273 g/mol. The van der Waals surface area contributed by atoms with Gasteiger partial charge in [-0.25, -0.2) is 0 Å². The third-order valence-electron chi connectivity index (χ3n) is 3.09. The minimum atomic E-state index is -4.55. The second-order valence-electron chi connectivity index (χ2n) is 4.46. The van der Waals surface area contributed by atoms with Crippen molar-refractivity contribution in [1.29, 1.82) is 0 Å². The van der Waals surface area contributed by atoms with Gasteiger partial charge in [0.1, 0.15) is 0 Å². The fourth-order valence-corrected chi connectivity index (χ4v) is 1.66. The third-order valence-corrected chi connectivity index (χ3v) is 3.09. The normalized spacial score (nSPS) is 12.9. The molecule has 0 aliphatic rings. The van der Waals surface area contributed by atoms with Crippen molar-refractivity contribution in [3.05, 3.63) is 29.3 Å². The van der Waals surface area contributed by atoms with Crippen molar-refractivity contribution >= 4 is 11.6 Å². The molecule has 20 heavy (non-hydrogen) atoms. The van der Waals surface area contributed by atoms with Gasteiger partial charge in [0.05, 0.1) is 18.2 Å². The van der Waals surface area contributed by atoms with Crippen molar-refractivity contribution in [2.24, 2.45) is 0 Å². The number of nitrogens with zero attached hydrogens (tertiary/aromatic N) is 1. The molecule has 1 aromatic rings. The lowest BCUT2D eigenvalue weighted by Gasteiger charge is -2.24. The zero-order chi connectivity index (χ0) is 15.5. The van der Waals surface area contributed by atoms with Crippen molar-refractivity contribution in [3.8, 4) is 0 Å². The van der Waals surface area contributed by atoms with Gasteiger partial charge in [-0.3, -0.25) is 4.79 Å². The molecule has 1 unspecified atom stereocenters. The van der Waals surface area contributed by atoms with Gasteiger partial charge in [-0.05, 0) is 25.1 Å². The van der Waals surface area contributed by atoms with E-state index in [0.717, 1.165) is 6.07 Å². The highest BCUT2D eigenvalue weighted by atomic mass is 19.4. The first kappa shape index (κ1) is 16.3. The number of nitrogens with one attached hydrogen (secondary N) is 1. The van der Waals surface area contributed by atoms with Crippen molar-refractivity contribution in [1.82, 2.24) is 4.90 Å². The summed E-state index contributed by atoms with van der Waals surface area (Å²) in [6.45, 7) is 1.34. The molecule has 0 aliphatic carbocycles. The van der Waals surface area contributed by atoms with Crippen LogP contribution in [0.2, 0.25) is 0 Å². The molecule has 0 saturated heterocycles. The predicted octanol–water partition coefficient (Wildman–Crippen LogP) is 2.20. The highest BCUT2D eigenvalue weighted by molar-refractivity contribution is 5.95. The Bertz CT molecular complexity index is 489. The van der Waals surface area contributed by atoms with Crippen molar-refractivity contribution < 1.29 is 23.1 Å². The lowest BCUT2D eigenvalue weighted by molar-refractivity contribution is -0.137. The number of hydrogen-bond donors (Lipinski definition) is 2. The van der Waals surface area contributed by atoms with Crippen LogP contribution in [-0.4, -0.2) is 42.7 Å². The van der Waals surface area contributed by atoms with E-state index in [-0.39, 0.29) is 17.9 Å². The van der Waals surface area contributed by atoms with Gasteiger partial charge in [0.25, 0.3) is 5.91 Å². The molecule has 1 aromatic carbocycles. The molecule has 0 aliphatic heterocycles. The highest BCUT2D eigenvalue weighted by Crippen LogP contribution is 2.35. The number of aliphatic hydroxyl groups excluding tert-OH is 1. The van der Waals surface area contributed by atoms with Crippen LogP contribution < -0.4 is 5.32 Å². The molecule has 1 amide bonds. The Morgan fingerprint density at radius 2 is 2.05 bits per heavy atom. The van der Waals surface area contributed by atoms with E-state index in [4.69, 9.17) is 5.11 Å². The summed E-state index contributed by atoms with van der Waals surface area (Å²) in [4.78, 5) is 13.3. The van der Waals surface area contributed by atoms with E-state index in [1.54, 1.807) is 6.92 Å². The van der Waals surface area contributed by atoms with Gasteiger partial charge in [-0.15, -0.1) is 0 Å². The SMILES string of the molecule is CNc1ccc(C(=O)N(C)C(C)CO)cc1C(F)(F)F. The van der Waals surface area contributed by atoms with Crippen LogP contribution in [0.25, 0.3) is 0 Å². The molecule has 0 fully saturated rings. The summed E-state index contributed by atoms with van der Waals surface area (Å²) < 4.78 is 38.7. The lowest BCUT2D eigenvalue weighted by Crippen LogP contribution is -2.37. The molecule has 1 rings (SSSR count). The van der Waals surface area contributed by atoms with Gasteiger partial charge in [0.2, 0.25) is 0 Å². The maximum atomic E-state index is 12.9. The Balaban J connectivity index is 3.18. The van der Waals surface area contributed by atoms with E-state index < -0.39 is 23.7 Å². The Hall–Kier alpha value is -1.76. The van der Waals surface area contributed by atoms with E-state index in [2.05, 4.69) is 5.32 Å². The van der Waals surface area contributed by atoms with Crippen molar-refractivity contribution in [2.75, 3.05) is 26.0 Å². The molecule has 7 heteroatoms. The standard InChI is InChI=1S/C13H17F3N2O2/c1-8(7-19)18(3)12(20)9-4-5-11(17-2)10(6-9)13(14,15)16/h4-6,8,17,19H,7H2,1-3H3. The fourth-order valence-electron chi connectivity index (χ4n) is 1.66. The molecule has 0 aromatic heterocycles. The van der Waals surface area contributed by atoms with E-state index >= 15 is 0 Å². The molecule has 4 nitrogen and oxygen atoms in total. The lowest BCUT2D eigenvalue weighted by atomic mass is 10.1. The van der Waals surface area contributed by atoms with E-state index in [1.807, 2.05) is 0 Å². The first-order chi connectivity index (χ1) is 9.22. The number of amides is 1. The number of likely N-dealkylation sites (N-methyl/N-ethyl adjacent to an activating group) is 1.